The SMILES string of the molecule is C.C.CC.CC.CC(=O)O.CC(=O)O.CC(=O)[O-].CI.COC(C)=O.Fc1cnn2ccccc12.Fc1cnn2ccccc12.ICI.[CH3+].c1ccn2nccc2c1.c1ccn2nccc2c1. The number of ether oxygens (including phenoxy) is 1. The summed E-state index contributed by atoms with van der Waals surface area (Å²) >= 11 is 6.70. The number of methoxy groups -OCH3 is 1. The molecule has 374 valence electrons. The lowest BCUT2D eigenvalue weighted by Crippen LogP contribution is -2.16. The van der Waals surface area contributed by atoms with Crippen LogP contribution >= 0.6 is 67.8 Å². The van der Waals surface area contributed by atoms with Gasteiger partial charge in [0.2, 0.25) is 0 Å². The summed E-state index contributed by atoms with van der Waals surface area (Å²) in [6, 6.07) is 26.4. The zero-order valence-corrected chi connectivity index (χ0v) is 44.7. The van der Waals surface area contributed by atoms with Gasteiger partial charge in [0.05, 0.1) is 33.0 Å². The number of fused-ring (bicyclic) bond motifs is 4. The zero-order valence-electron chi connectivity index (χ0n) is 38.2. The second kappa shape index (κ2) is 51.5. The third-order valence-corrected chi connectivity index (χ3v) is 5.66. The molecule has 0 aliphatic carbocycles. The number of carboxylic acid groups (broad SMARTS) is 3. The van der Waals surface area contributed by atoms with Crippen molar-refractivity contribution in [1.29, 1.82) is 0 Å². The Morgan fingerprint density at radius 2 is 0.821 bits per heavy atom. The number of nitrogens with zero attached hydrogens (tertiary/aromatic N) is 8. The molecule has 0 saturated carbocycles. The van der Waals surface area contributed by atoms with Gasteiger partial charge >= 0.3 is 5.97 Å². The molecule has 16 nitrogen and oxygen atoms in total. The van der Waals surface area contributed by atoms with Crippen LogP contribution in [-0.2, 0) is 23.9 Å². The van der Waals surface area contributed by atoms with Crippen LogP contribution in [0.4, 0.5) is 8.78 Å². The maximum atomic E-state index is 12.7. The molecule has 0 aromatic carbocycles. The molecule has 0 bridgehead atoms. The van der Waals surface area contributed by atoms with E-state index in [4.69, 9.17) is 29.7 Å². The van der Waals surface area contributed by atoms with E-state index in [0.717, 1.165) is 31.8 Å². The first-order valence-corrected chi connectivity index (χ1v) is 23.8. The van der Waals surface area contributed by atoms with E-state index in [1.165, 1.54) is 37.9 Å². The Kier molecular flexibility index (Phi) is 58.3. The maximum absolute atomic E-state index is 12.7. The quantitative estimate of drug-likeness (QED) is 0.0629. The van der Waals surface area contributed by atoms with Gasteiger partial charge < -0.3 is 24.9 Å². The molecular formula is C46H67F2I3N8O8. The number of esters is 1. The summed E-state index contributed by atoms with van der Waals surface area (Å²) in [6.45, 7) is 12.5. The number of hydrogen-bond acceptors (Lipinski definition) is 10. The van der Waals surface area contributed by atoms with Gasteiger partial charge in [-0.1, -0.05) is 135 Å². The Labute approximate surface area is 435 Å². The van der Waals surface area contributed by atoms with Crippen LogP contribution in [0.15, 0.2) is 135 Å². The summed E-state index contributed by atoms with van der Waals surface area (Å²) in [5.74, 6) is -3.55. The van der Waals surface area contributed by atoms with Crippen LogP contribution in [0.2, 0.25) is 0 Å². The van der Waals surface area contributed by atoms with Gasteiger partial charge in [0.25, 0.3) is 11.9 Å². The Morgan fingerprint density at radius 1 is 0.582 bits per heavy atom. The number of carboxylic acids is 3. The van der Waals surface area contributed by atoms with Crippen molar-refractivity contribution in [2.75, 3.05) is 14.5 Å². The molecule has 8 aromatic heterocycles. The highest BCUT2D eigenvalue weighted by atomic mass is 127. The predicted octanol–water partition coefficient (Wildman–Crippen LogP) is 11.4. The number of alkyl halides is 3. The van der Waals surface area contributed by atoms with E-state index in [1.54, 1.807) is 61.2 Å². The van der Waals surface area contributed by atoms with Gasteiger partial charge in [0, 0.05) is 71.3 Å². The summed E-state index contributed by atoms with van der Waals surface area (Å²) in [5.41, 5.74) is 3.31. The first-order valence-electron chi connectivity index (χ1n) is 18.6. The fourth-order valence-corrected chi connectivity index (χ4v) is 3.54. The lowest BCUT2D eigenvalue weighted by molar-refractivity contribution is -0.302. The molecule has 0 saturated heterocycles. The van der Waals surface area contributed by atoms with Crippen molar-refractivity contribution in [3.8, 4) is 0 Å². The van der Waals surface area contributed by atoms with Crippen molar-refractivity contribution in [2.45, 2.75) is 70.2 Å². The molecule has 0 fully saturated rings. The molecular weight excluding hydrogens is 1210 g/mol. The minimum absolute atomic E-state index is 0. The second-order valence-electron chi connectivity index (χ2n) is 10.2. The van der Waals surface area contributed by atoms with Gasteiger partial charge in [-0.05, 0) is 72.5 Å². The van der Waals surface area contributed by atoms with E-state index < -0.39 is 17.9 Å². The van der Waals surface area contributed by atoms with Gasteiger partial charge in [0.1, 0.15) is 11.0 Å². The van der Waals surface area contributed by atoms with Crippen molar-refractivity contribution in [2.24, 2.45) is 0 Å². The molecule has 0 aliphatic heterocycles. The fraction of sp³-hybridized carbons (Fsp3) is 0.283. The lowest BCUT2D eigenvalue weighted by atomic mass is 10.4. The van der Waals surface area contributed by atoms with Gasteiger partial charge in [-0.25, -0.2) is 26.8 Å². The zero-order chi connectivity index (χ0) is 49.9. The average Bonchev–Trinajstić information content (AvgIpc) is 4.12. The number of hydrogen-bond donors (Lipinski definition) is 2. The summed E-state index contributed by atoms with van der Waals surface area (Å²) in [4.78, 5) is 38.4. The highest BCUT2D eigenvalue weighted by Gasteiger charge is 1.99. The normalized spacial score (nSPS) is 8.04. The van der Waals surface area contributed by atoms with Gasteiger partial charge in [-0.2, -0.15) is 20.4 Å². The second-order valence-corrected chi connectivity index (χ2v) is 14.6. The van der Waals surface area contributed by atoms with E-state index >= 15 is 0 Å². The molecule has 8 rings (SSSR count). The largest absolute Gasteiger partial charge is 0.550 e. The minimum Gasteiger partial charge on any atom is -0.550 e. The van der Waals surface area contributed by atoms with Crippen molar-refractivity contribution in [3.05, 3.63) is 154 Å². The maximum Gasteiger partial charge on any atom is 0.302 e. The molecule has 2 N–H and O–H groups in total. The first kappa shape index (κ1) is 75.8. The number of carbonyl (C=O) groups is 4. The summed E-state index contributed by atoms with van der Waals surface area (Å²) in [7, 11) is 1.35. The fourth-order valence-electron chi connectivity index (χ4n) is 3.54. The number of halogens is 5. The Balaban J connectivity index is -0.000000122. The molecule has 67 heavy (non-hydrogen) atoms. The number of pyridine rings is 4. The molecule has 0 atom stereocenters. The predicted molar refractivity (Wildman–Crippen MR) is 291 cm³/mol. The number of rotatable bonds is 0. The molecule has 0 amide bonds. The van der Waals surface area contributed by atoms with Crippen LogP contribution in [0.25, 0.3) is 22.1 Å². The lowest BCUT2D eigenvalue weighted by Gasteiger charge is -1.87. The number of carbonyl (C=O) groups excluding carboxylic acids is 2. The molecule has 0 aliphatic rings. The van der Waals surface area contributed by atoms with Gasteiger partial charge in [-0.3, -0.25) is 14.4 Å². The van der Waals surface area contributed by atoms with E-state index in [9.17, 15) is 13.6 Å². The van der Waals surface area contributed by atoms with Crippen LogP contribution < -0.4 is 5.11 Å². The van der Waals surface area contributed by atoms with Crippen molar-refractivity contribution in [3.63, 3.8) is 0 Å². The van der Waals surface area contributed by atoms with Crippen LogP contribution in [0.5, 0.6) is 0 Å². The Hall–Kier alpha value is -5.44. The number of aliphatic carboxylic acids is 3. The topological polar surface area (TPSA) is 210 Å². The molecule has 0 spiro atoms. The number of aromatic nitrogens is 8. The molecule has 0 unspecified atom stereocenters. The van der Waals surface area contributed by atoms with Crippen LogP contribution in [0, 0.1) is 19.1 Å². The smallest absolute Gasteiger partial charge is 0.302 e. The summed E-state index contributed by atoms with van der Waals surface area (Å²) in [6.07, 6.45) is 13.2. The third-order valence-electron chi connectivity index (χ3n) is 5.66. The molecule has 8 aromatic rings. The van der Waals surface area contributed by atoms with Gasteiger partial charge in [-0.15, -0.1) is 0 Å². The van der Waals surface area contributed by atoms with Gasteiger partial charge in [0.15, 0.2) is 11.6 Å². The molecule has 0 radical (unpaired) electrons. The standard InChI is InChI=1S/2C7H5FN2.2C7H6N2.C3H6O2.3C2H4O2.2C2H6.CH2I2.CH3I.2CH4.CH3/c2*8-6-5-9-10-4-2-1-3-7(6)10;2*1-2-6-9-7(3-1)4-5-8-9;1-3(4)5-2;3*1-2(3)4;2*1-2;2-1-3;1-2;;;/h2*1-5H;2*1-6H;1-2H3;3*1H3,(H,3,4);2*1-2H3;1H2;1H3;2*1H4;1H3/q;;;;;;;;;;;;;;+1/p-1. The van der Waals surface area contributed by atoms with Crippen molar-refractivity contribution >= 4 is 114 Å². The average molecular weight is 1280 g/mol. The highest BCUT2D eigenvalue weighted by Crippen LogP contribution is 2.07. The van der Waals surface area contributed by atoms with E-state index in [2.05, 4.69) is 92.9 Å². The third kappa shape index (κ3) is 41.7. The van der Waals surface area contributed by atoms with Crippen LogP contribution in [0.3, 0.4) is 0 Å². The van der Waals surface area contributed by atoms with Crippen LogP contribution in [-0.4, -0.2) is 87.0 Å². The first-order chi connectivity index (χ1) is 30.6. The molecule has 21 heteroatoms. The van der Waals surface area contributed by atoms with E-state index in [-0.39, 0.29) is 39.9 Å². The minimum atomic E-state index is -1.08. The van der Waals surface area contributed by atoms with Crippen molar-refractivity contribution in [1.82, 2.24) is 38.5 Å². The highest BCUT2D eigenvalue weighted by molar-refractivity contribution is 14.2. The van der Waals surface area contributed by atoms with Crippen molar-refractivity contribution < 1.29 is 48.0 Å². The molecule has 8 heterocycles. The Morgan fingerprint density at radius 3 is 1.04 bits per heavy atom. The summed E-state index contributed by atoms with van der Waals surface area (Å²) < 4.78 is 37.3. The Bertz CT molecular complexity index is 2140. The van der Waals surface area contributed by atoms with Crippen LogP contribution in [0.1, 0.15) is 70.2 Å². The monoisotopic (exact) mass is 1280 g/mol. The van der Waals surface area contributed by atoms with E-state index in [0.29, 0.717) is 11.0 Å². The van der Waals surface area contributed by atoms with E-state index in [1.807, 2.05) is 103 Å². The summed E-state index contributed by atoms with van der Waals surface area (Å²) in [5, 5.41) is 39.3.